The fraction of sp³-hybridized carbons (Fsp3) is 0.471. The smallest absolute Gasteiger partial charge is 0.201 e. The van der Waals surface area contributed by atoms with E-state index in [1.807, 2.05) is 0 Å². The second kappa shape index (κ2) is 12.1. The number of methoxy groups -OCH3 is 1. The fourth-order valence-electron chi connectivity index (χ4n) is 7.10. The van der Waals surface area contributed by atoms with Crippen LogP contribution in [0.25, 0.3) is 22.3 Å². The van der Waals surface area contributed by atoms with Crippen molar-refractivity contribution in [3.63, 3.8) is 0 Å². The number of ether oxygens (including phenoxy) is 1. The molecule has 0 radical (unpaired) electrons. The first kappa shape index (κ1) is 27.7. The molecule has 0 amide bonds. The highest BCUT2D eigenvalue weighted by molar-refractivity contribution is 5.71. The number of rotatable bonds is 7. The van der Waals surface area contributed by atoms with E-state index in [2.05, 4.69) is 6.92 Å². The quantitative estimate of drug-likeness (QED) is 0.272. The Bertz CT molecular complexity index is 1270. The lowest BCUT2D eigenvalue weighted by atomic mass is 9.68. The van der Waals surface area contributed by atoms with Gasteiger partial charge in [-0.1, -0.05) is 69.0 Å². The van der Waals surface area contributed by atoms with Crippen molar-refractivity contribution in [1.29, 1.82) is 0 Å². The summed E-state index contributed by atoms with van der Waals surface area (Å²) in [7, 11) is 1.27. The normalized spacial score (nSPS) is 23.5. The van der Waals surface area contributed by atoms with Gasteiger partial charge >= 0.3 is 0 Å². The number of hydrogen-bond donors (Lipinski definition) is 0. The third-order valence-corrected chi connectivity index (χ3v) is 9.35. The molecular weight excluding hydrogens is 500 g/mol. The first-order valence-electron chi connectivity index (χ1n) is 14.5. The van der Waals surface area contributed by atoms with Crippen molar-refractivity contribution < 1.29 is 22.3 Å². The molecule has 39 heavy (non-hydrogen) atoms. The lowest BCUT2D eigenvalue weighted by molar-refractivity contribution is 0.156. The third kappa shape index (κ3) is 5.73. The second-order valence-corrected chi connectivity index (χ2v) is 11.5. The van der Waals surface area contributed by atoms with Gasteiger partial charge in [0.1, 0.15) is 0 Å². The average Bonchev–Trinajstić information content (AvgIpc) is 2.97. The molecule has 0 unspecified atom stereocenters. The Morgan fingerprint density at radius 3 is 1.67 bits per heavy atom. The molecule has 0 aliphatic heterocycles. The largest absolute Gasteiger partial charge is 0.494 e. The zero-order valence-electron chi connectivity index (χ0n) is 22.9. The Hall–Kier alpha value is -2.82. The molecule has 1 nitrogen and oxygen atoms in total. The van der Waals surface area contributed by atoms with Gasteiger partial charge in [-0.05, 0) is 91.0 Å². The van der Waals surface area contributed by atoms with Gasteiger partial charge in [0.25, 0.3) is 0 Å². The van der Waals surface area contributed by atoms with Crippen molar-refractivity contribution >= 4 is 0 Å². The monoisotopic (exact) mass is 538 g/mol. The molecule has 3 aromatic rings. The lowest BCUT2D eigenvalue weighted by Gasteiger charge is -2.38. The molecule has 2 aliphatic carbocycles. The van der Waals surface area contributed by atoms with Gasteiger partial charge in [-0.15, -0.1) is 0 Å². The van der Waals surface area contributed by atoms with Gasteiger partial charge in [0.15, 0.2) is 23.2 Å². The summed E-state index contributed by atoms with van der Waals surface area (Å²) in [5.41, 5.74) is 1.64. The van der Waals surface area contributed by atoms with Crippen molar-refractivity contribution in [3.8, 4) is 28.0 Å². The Kier molecular flexibility index (Phi) is 8.64. The minimum Gasteiger partial charge on any atom is -0.494 e. The zero-order chi connectivity index (χ0) is 27.5. The summed E-state index contributed by atoms with van der Waals surface area (Å²) in [4.78, 5) is 0. The van der Waals surface area contributed by atoms with Crippen LogP contribution in [-0.2, 0) is 0 Å². The van der Waals surface area contributed by atoms with Crippen LogP contribution in [0, 0.1) is 41.0 Å². The summed E-state index contributed by atoms with van der Waals surface area (Å²) in [6.07, 6.45) is 12.0. The summed E-state index contributed by atoms with van der Waals surface area (Å²) in [5, 5.41) is 0. The maximum Gasteiger partial charge on any atom is 0.201 e. The maximum absolute atomic E-state index is 15.3. The van der Waals surface area contributed by atoms with E-state index in [0.29, 0.717) is 16.7 Å². The molecule has 0 atom stereocenters. The molecule has 0 aromatic heterocycles. The summed E-state index contributed by atoms with van der Waals surface area (Å²) in [5.74, 6) is -1.38. The minimum absolute atomic E-state index is 0.0524. The van der Waals surface area contributed by atoms with Gasteiger partial charge in [0.2, 0.25) is 5.82 Å². The standard InChI is InChI=1S/C34H38F4O/c1-3-4-21-5-7-22(8-6-21)23-9-11-24(12-10-23)27-17-18-28(32(36)31(27)35)25-13-15-26(16-14-25)29-19-20-30(39-2)34(38)33(29)37/h13-24H,3-12H2,1-2H3. The molecule has 0 saturated heterocycles. The highest BCUT2D eigenvalue weighted by Gasteiger charge is 2.32. The van der Waals surface area contributed by atoms with E-state index in [9.17, 15) is 8.78 Å². The number of halogens is 4. The Morgan fingerprint density at radius 1 is 0.615 bits per heavy atom. The average molecular weight is 539 g/mol. The fourth-order valence-corrected chi connectivity index (χ4v) is 7.10. The van der Waals surface area contributed by atoms with Crippen molar-refractivity contribution in [2.45, 2.75) is 77.0 Å². The van der Waals surface area contributed by atoms with Crippen LogP contribution in [0.1, 0.15) is 82.6 Å². The molecule has 0 heterocycles. The van der Waals surface area contributed by atoms with Crippen molar-refractivity contribution in [2.24, 2.45) is 17.8 Å². The van der Waals surface area contributed by atoms with E-state index in [1.165, 1.54) is 57.8 Å². The highest BCUT2D eigenvalue weighted by atomic mass is 19.2. The Balaban J connectivity index is 1.26. The zero-order valence-corrected chi connectivity index (χ0v) is 22.9. The predicted molar refractivity (Wildman–Crippen MR) is 149 cm³/mol. The topological polar surface area (TPSA) is 9.23 Å². The molecule has 2 fully saturated rings. The van der Waals surface area contributed by atoms with Gasteiger partial charge in [-0.3, -0.25) is 0 Å². The summed E-state index contributed by atoms with van der Waals surface area (Å²) < 4.78 is 64.1. The molecule has 0 N–H and O–H groups in total. The van der Waals surface area contributed by atoms with E-state index in [1.54, 1.807) is 36.4 Å². The van der Waals surface area contributed by atoms with Gasteiger partial charge < -0.3 is 4.74 Å². The molecule has 0 bridgehead atoms. The molecular formula is C34H38F4O. The van der Waals surface area contributed by atoms with E-state index >= 15 is 8.78 Å². The van der Waals surface area contributed by atoms with E-state index < -0.39 is 23.3 Å². The molecule has 3 aromatic carbocycles. The van der Waals surface area contributed by atoms with Crippen molar-refractivity contribution in [1.82, 2.24) is 0 Å². The van der Waals surface area contributed by atoms with Crippen LogP contribution in [0.5, 0.6) is 5.75 Å². The van der Waals surface area contributed by atoms with Gasteiger partial charge in [-0.2, -0.15) is 4.39 Å². The van der Waals surface area contributed by atoms with Gasteiger partial charge in [0, 0.05) is 11.1 Å². The van der Waals surface area contributed by atoms with Crippen molar-refractivity contribution in [2.75, 3.05) is 7.11 Å². The van der Waals surface area contributed by atoms with Crippen LogP contribution in [-0.4, -0.2) is 7.11 Å². The first-order valence-corrected chi connectivity index (χ1v) is 14.5. The summed E-state index contributed by atoms with van der Waals surface area (Å²) >= 11 is 0. The van der Waals surface area contributed by atoms with E-state index in [4.69, 9.17) is 4.74 Å². The highest BCUT2D eigenvalue weighted by Crippen LogP contribution is 2.45. The molecule has 208 valence electrons. The van der Waals surface area contributed by atoms with E-state index in [-0.39, 0.29) is 22.8 Å². The SMILES string of the molecule is CCCC1CCC(C2CCC(c3ccc(-c4ccc(-c5ccc(OC)c(F)c5F)cc4)c(F)c3F)CC2)CC1. The molecule has 2 saturated carbocycles. The van der Waals surface area contributed by atoms with Gasteiger partial charge in [0.05, 0.1) is 7.11 Å². The molecule has 5 rings (SSSR count). The van der Waals surface area contributed by atoms with Crippen LogP contribution in [0.15, 0.2) is 48.5 Å². The molecule has 5 heteroatoms. The molecule has 0 spiro atoms. The van der Waals surface area contributed by atoms with Gasteiger partial charge in [-0.25, -0.2) is 13.2 Å². The predicted octanol–water partition coefficient (Wildman–Crippen LogP) is 10.5. The molecule has 2 aliphatic rings. The van der Waals surface area contributed by atoms with E-state index in [0.717, 1.165) is 43.4 Å². The lowest BCUT2D eigenvalue weighted by Crippen LogP contribution is -2.25. The van der Waals surface area contributed by atoms with Crippen LogP contribution >= 0.6 is 0 Å². The third-order valence-electron chi connectivity index (χ3n) is 9.35. The second-order valence-electron chi connectivity index (χ2n) is 11.5. The van der Waals surface area contributed by atoms with Crippen LogP contribution in [0.2, 0.25) is 0 Å². The summed E-state index contributed by atoms with van der Waals surface area (Å²) in [6.45, 7) is 2.27. The summed E-state index contributed by atoms with van der Waals surface area (Å²) in [6, 6.07) is 12.6. The maximum atomic E-state index is 15.3. The first-order chi connectivity index (χ1) is 18.9. The van der Waals surface area contributed by atoms with Crippen LogP contribution < -0.4 is 4.74 Å². The number of hydrogen-bond acceptors (Lipinski definition) is 1. The minimum atomic E-state index is -1.06. The Labute approximate surface area is 229 Å². The van der Waals surface area contributed by atoms with Crippen molar-refractivity contribution in [3.05, 3.63) is 77.4 Å². The van der Waals surface area contributed by atoms with Crippen LogP contribution in [0.3, 0.4) is 0 Å². The van der Waals surface area contributed by atoms with Crippen LogP contribution in [0.4, 0.5) is 17.6 Å². The Morgan fingerprint density at radius 2 is 1.13 bits per heavy atom. The number of benzene rings is 3.